The summed E-state index contributed by atoms with van der Waals surface area (Å²) in [7, 11) is 0. The molecule has 0 aliphatic rings. The van der Waals surface area contributed by atoms with Crippen molar-refractivity contribution in [1.82, 2.24) is 5.32 Å². The van der Waals surface area contributed by atoms with Gasteiger partial charge in [-0.3, -0.25) is 9.59 Å². The van der Waals surface area contributed by atoms with E-state index in [1.54, 1.807) is 6.07 Å². The second-order valence-electron chi connectivity index (χ2n) is 3.78. The van der Waals surface area contributed by atoms with Gasteiger partial charge in [0.05, 0.1) is 11.5 Å². The molecule has 0 aliphatic heterocycles. The molecule has 0 fully saturated rings. The molecule has 0 saturated carbocycles. The Balaban J connectivity index is 2.68. The topological polar surface area (TPSA) is 124 Å². The van der Waals surface area contributed by atoms with E-state index in [9.17, 15) is 9.59 Å². The summed E-state index contributed by atoms with van der Waals surface area (Å²) >= 11 is 5.72. The Bertz CT molecular complexity index is 464. The van der Waals surface area contributed by atoms with Crippen LogP contribution in [-0.4, -0.2) is 24.9 Å². The Morgan fingerprint density at radius 3 is 2.56 bits per heavy atom. The molecule has 1 aromatic carbocycles. The largest absolute Gasteiger partial charge is 0.398 e. The molecule has 1 rings (SSSR count). The Hall–Kier alpha value is -1.79. The molecule has 98 valence electrons. The normalized spacial score (nSPS) is 11.9. The first-order chi connectivity index (χ1) is 8.45. The van der Waals surface area contributed by atoms with Crippen LogP contribution in [0.5, 0.6) is 0 Å². The van der Waals surface area contributed by atoms with Crippen LogP contribution in [0.4, 0.5) is 5.69 Å². The molecule has 1 atom stereocenters. The summed E-state index contributed by atoms with van der Waals surface area (Å²) in [6.07, 6.45) is 0. The van der Waals surface area contributed by atoms with Gasteiger partial charge in [0.2, 0.25) is 5.91 Å². The van der Waals surface area contributed by atoms with Crippen molar-refractivity contribution in [3.63, 3.8) is 0 Å². The quantitative estimate of drug-likeness (QED) is 0.549. The van der Waals surface area contributed by atoms with Gasteiger partial charge in [-0.05, 0) is 18.2 Å². The van der Waals surface area contributed by atoms with E-state index >= 15 is 0 Å². The Morgan fingerprint density at radius 1 is 1.39 bits per heavy atom. The average molecular weight is 271 g/mol. The predicted molar refractivity (Wildman–Crippen MR) is 69.9 cm³/mol. The van der Waals surface area contributed by atoms with Crippen LogP contribution in [0, 0.1) is 5.92 Å². The van der Waals surface area contributed by atoms with E-state index in [0.29, 0.717) is 10.6 Å². The molecule has 0 bridgehead atoms. The van der Waals surface area contributed by atoms with E-state index in [2.05, 4.69) is 5.32 Å². The van der Waals surface area contributed by atoms with Crippen LogP contribution in [0.15, 0.2) is 18.2 Å². The SMILES string of the molecule is NCC(CNC(=O)c1ccc(Cl)cc1N)C(N)=O. The summed E-state index contributed by atoms with van der Waals surface area (Å²) in [4.78, 5) is 22.7. The minimum Gasteiger partial charge on any atom is -0.398 e. The van der Waals surface area contributed by atoms with Crippen LogP contribution in [0.1, 0.15) is 10.4 Å². The first-order valence-corrected chi connectivity index (χ1v) is 5.66. The molecule has 0 aliphatic carbocycles. The number of nitrogens with one attached hydrogen (secondary N) is 1. The third kappa shape index (κ3) is 3.61. The molecule has 2 amide bonds. The highest BCUT2D eigenvalue weighted by Gasteiger charge is 2.16. The smallest absolute Gasteiger partial charge is 0.253 e. The lowest BCUT2D eigenvalue weighted by atomic mass is 10.1. The highest BCUT2D eigenvalue weighted by molar-refractivity contribution is 6.31. The van der Waals surface area contributed by atoms with Crippen LogP contribution in [-0.2, 0) is 4.79 Å². The van der Waals surface area contributed by atoms with Gasteiger partial charge in [0.25, 0.3) is 5.91 Å². The molecule has 0 heterocycles. The van der Waals surface area contributed by atoms with Crippen molar-refractivity contribution in [2.75, 3.05) is 18.8 Å². The molecule has 1 aromatic rings. The predicted octanol–water partition coefficient (Wildman–Crippen LogP) is -0.288. The van der Waals surface area contributed by atoms with E-state index < -0.39 is 17.7 Å². The van der Waals surface area contributed by atoms with Gasteiger partial charge < -0.3 is 22.5 Å². The Morgan fingerprint density at radius 2 is 2.06 bits per heavy atom. The zero-order chi connectivity index (χ0) is 13.7. The molecule has 18 heavy (non-hydrogen) atoms. The van der Waals surface area contributed by atoms with Gasteiger partial charge in [-0.25, -0.2) is 0 Å². The summed E-state index contributed by atoms with van der Waals surface area (Å²) in [5, 5.41) is 2.99. The van der Waals surface area contributed by atoms with Gasteiger partial charge in [-0.2, -0.15) is 0 Å². The fourth-order valence-electron chi connectivity index (χ4n) is 1.35. The zero-order valence-corrected chi connectivity index (χ0v) is 10.4. The summed E-state index contributed by atoms with van der Waals surface area (Å²) in [5.41, 5.74) is 16.7. The standard InChI is InChI=1S/C11H15ClN4O2/c12-7-1-2-8(9(14)3-7)11(18)16-5-6(4-13)10(15)17/h1-3,6H,4-5,13-14H2,(H2,15,17)(H,16,18). The highest BCUT2D eigenvalue weighted by Crippen LogP contribution is 2.17. The molecule has 0 aromatic heterocycles. The van der Waals surface area contributed by atoms with Crippen molar-refractivity contribution >= 4 is 29.1 Å². The monoisotopic (exact) mass is 270 g/mol. The molecular formula is C11H15ClN4O2. The first-order valence-electron chi connectivity index (χ1n) is 5.28. The van der Waals surface area contributed by atoms with Crippen molar-refractivity contribution in [1.29, 1.82) is 0 Å². The maximum absolute atomic E-state index is 11.8. The van der Waals surface area contributed by atoms with E-state index in [-0.39, 0.29) is 18.8 Å². The van der Waals surface area contributed by atoms with Gasteiger partial charge in [-0.1, -0.05) is 11.6 Å². The molecular weight excluding hydrogens is 256 g/mol. The summed E-state index contributed by atoms with van der Waals surface area (Å²) in [6.45, 7) is 0.151. The van der Waals surface area contributed by atoms with Crippen molar-refractivity contribution < 1.29 is 9.59 Å². The van der Waals surface area contributed by atoms with Crippen molar-refractivity contribution in [3.05, 3.63) is 28.8 Å². The van der Waals surface area contributed by atoms with Gasteiger partial charge in [0.1, 0.15) is 0 Å². The van der Waals surface area contributed by atoms with Crippen molar-refractivity contribution in [2.45, 2.75) is 0 Å². The molecule has 6 nitrogen and oxygen atoms in total. The van der Waals surface area contributed by atoms with Crippen LogP contribution < -0.4 is 22.5 Å². The number of hydrogen-bond donors (Lipinski definition) is 4. The molecule has 0 radical (unpaired) electrons. The van der Waals surface area contributed by atoms with Crippen molar-refractivity contribution in [3.8, 4) is 0 Å². The van der Waals surface area contributed by atoms with Gasteiger partial charge in [0, 0.05) is 23.8 Å². The van der Waals surface area contributed by atoms with E-state index in [1.807, 2.05) is 0 Å². The molecule has 7 N–H and O–H groups in total. The number of anilines is 1. The molecule has 7 heteroatoms. The third-order valence-electron chi connectivity index (χ3n) is 2.45. The number of nitrogen functional groups attached to an aromatic ring is 1. The number of primary amides is 1. The second kappa shape index (κ2) is 6.23. The number of rotatable bonds is 5. The maximum atomic E-state index is 11.8. The summed E-state index contributed by atoms with van der Waals surface area (Å²) in [5.74, 6) is -1.55. The van der Waals surface area contributed by atoms with Crippen LogP contribution in [0.2, 0.25) is 5.02 Å². The minimum absolute atomic E-state index is 0.0751. The van der Waals surface area contributed by atoms with E-state index in [1.165, 1.54) is 12.1 Å². The maximum Gasteiger partial charge on any atom is 0.253 e. The number of carbonyl (C=O) groups is 2. The molecule has 0 saturated heterocycles. The fourth-order valence-corrected chi connectivity index (χ4v) is 1.53. The van der Waals surface area contributed by atoms with Crippen LogP contribution >= 0.6 is 11.6 Å². The van der Waals surface area contributed by atoms with Crippen molar-refractivity contribution in [2.24, 2.45) is 17.4 Å². The van der Waals surface area contributed by atoms with Crippen LogP contribution in [0.3, 0.4) is 0 Å². The molecule has 0 spiro atoms. The average Bonchev–Trinajstić information content (AvgIpc) is 2.28. The van der Waals surface area contributed by atoms with E-state index in [4.69, 9.17) is 28.8 Å². The summed E-state index contributed by atoms with van der Waals surface area (Å²) in [6, 6.07) is 4.54. The highest BCUT2D eigenvalue weighted by atomic mass is 35.5. The number of benzene rings is 1. The Labute approximate surface area is 109 Å². The lowest BCUT2D eigenvalue weighted by molar-refractivity contribution is -0.121. The number of halogens is 1. The number of hydrogen-bond acceptors (Lipinski definition) is 4. The Kier molecular flexibility index (Phi) is 4.94. The minimum atomic E-state index is -0.595. The lowest BCUT2D eigenvalue weighted by Crippen LogP contribution is -2.40. The zero-order valence-electron chi connectivity index (χ0n) is 9.65. The van der Waals surface area contributed by atoms with Gasteiger partial charge >= 0.3 is 0 Å². The summed E-state index contributed by atoms with van der Waals surface area (Å²) < 4.78 is 0. The molecule has 1 unspecified atom stereocenters. The number of carbonyl (C=O) groups excluding carboxylic acids is 2. The third-order valence-corrected chi connectivity index (χ3v) is 2.69. The fraction of sp³-hybridized carbons (Fsp3) is 0.273. The van der Waals surface area contributed by atoms with Gasteiger partial charge in [0.15, 0.2) is 0 Å². The first kappa shape index (κ1) is 14.3. The lowest BCUT2D eigenvalue weighted by Gasteiger charge is -2.12. The number of nitrogens with two attached hydrogens (primary N) is 3. The number of amides is 2. The van der Waals surface area contributed by atoms with Crippen LogP contribution in [0.25, 0.3) is 0 Å². The van der Waals surface area contributed by atoms with E-state index in [0.717, 1.165) is 0 Å². The van der Waals surface area contributed by atoms with Gasteiger partial charge in [-0.15, -0.1) is 0 Å². The second-order valence-corrected chi connectivity index (χ2v) is 4.21.